The highest BCUT2D eigenvalue weighted by Gasteiger charge is 2.16. The van der Waals surface area contributed by atoms with Crippen molar-refractivity contribution in [2.24, 2.45) is 10.9 Å². The van der Waals surface area contributed by atoms with Gasteiger partial charge in [-0.15, -0.1) is 0 Å². The molecular formula is C22H40N6. The second-order valence-electron chi connectivity index (χ2n) is 8.01. The molecule has 0 amide bonds. The van der Waals surface area contributed by atoms with Crippen LogP contribution in [0, 0.1) is 12.8 Å². The Morgan fingerprint density at radius 2 is 1.96 bits per heavy atom. The Hall–Kier alpha value is -1.79. The molecule has 1 atom stereocenters. The number of likely N-dealkylation sites (N-methyl/N-ethyl adjacent to an activating group) is 2. The minimum absolute atomic E-state index is 0.599. The van der Waals surface area contributed by atoms with Gasteiger partial charge in [0.2, 0.25) is 0 Å². The number of rotatable bonds is 9. The molecule has 6 nitrogen and oxygen atoms in total. The van der Waals surface area contributed by atoms with Gasteiger partial charge in [0, 0.05) is 71.6 Å². The van der Waals surface area contributed by atoms with Crippen LogP contribution >= 0.6 is 0 Å². The SMILES string of the molecule is CCN(CCNC(=NC)NCC(C)CN1CCN(C)CC1)c1cccc(C)c1. The first-order valence-electron chi connectivity index (χ1n) is 10.7. The number of nitrogens with zero attached hydrogens (tertiary/aromatic N) is 4. The number of aliphatic imine (C=N–C) groups is 1. The lowest BCUT2D eigenvalue weighted by Gasteiger charge is -2.34. The van der Waals surface area contributed by atoms with Crippen molar-refractivity contribution in [2.75, 3.05) is 77.9 Å². The summed E-state index contributed by atoms with van der Waals surface area (Å²) in [5, 5.41) is 6.95. The van der Waals surface area contributed by atoms with Crippen molar-refractivity contribution in [1.82, 2.24) is 20.4 Å². The third kappa shape index (κ3) is 7.68. The highest BCUT2D eigenvalue weighted by molar-refractivity contribution is 5.79. The molecule has 158 valence electrons. The molecule has 1 aromatic carbocycles. The van der Waals surface area contributed by atoms with Gasteiger partial charge in [-0.2, -0.15) is 0 Å². The van der Waals surface area contributed by atoms with E-state index in [1.54, 1.807) is 0 Å². The van der Waals surface area contributed by atoms with Gasteiger partial charge in [-0.1, -0.05) is 19.1 Å². The third-order valence-electron chi connectivity index (χ3n) is 5.43. The zero-order valence-corrected chi connectivity index (χ0v) is 18.5. The van der Waals surface area contributed by atoms with E-state index in [-0.39, 0.29) is 0 Å². The lowest BCUT2D eigenvalue weighted by molar-refractivity contribution is 0.139. The number of nitrogens with one attached hydrogen (secondary N) is 2. The van der Waals surface area contributed by atoms with Crippen LogP contribution in [0.1, 0.15) is 19.4 Å². The van der Waals surface area contributed by atoms with E-state index < -0.39 is 0 Å². The fraction of sp³-hybridized carbons (Fsp3) is 0.682. The summed E-state index contributed by atoms with van der Waals surface area (Å²) in [6, 6.07) is 8.70. The fourth-order valence-electron chi connectivity index (χ4n) is 3.63. The van der Waals surface area contributed by atoms with Gasteiger partial charge in [-0.05, 0) is 44.5 Å². The first-order valence-corrected chi connectivity index (χ1v) is 10.7. The molecule has 0 radical (unpaired) electrons. The molecule has 0 aromatic heterocycles. The van der Waals surface area contributed by atoms with Gasteiger partial charge in [0.15, 0.2) is 5.96 Å². The van der Waals surface area contributed by atoms with Crippen molar-refractivity contribution in [2.45, 2.75) is 20.8 Å². The first kappa shape index (κ1) is 22.5. The van der Waals surface area contributed by atoms with Gasteiger partial charge >= 0.3 is 0 Å². The van der Waals surface area contributed by atoms with E-state index in [9.17, 15) is 0 Å². The Bertz CT molecular complexity index is 594. The Morgan fingerprint density at radius 1 is 1.21 bits per heavy atom. The summed E-state index contributed by atoms with van der Waals surface area (Å²) < 4.78 is 0. The summed E-state index contributed by atoms with van der Waals surface area (Å²) in [7, 11) is 4.05. The predicted molar refractivity (Wildman–Crippen MR) is 122 cm³/mol. The molecule has 2 N–H and O–H groups in total. The Balaban J connectivity index is 1.69. The van der Waals surface area contributed by atoms with E-state index in [0.717, 1.165) is 38.7 Å². The van der Waals surface area contributed by atoms with Crippen molar-refractivity contribution in [3.8, 4) is 0 Å². The quantitative estimate of drug-likeness (QED) is 0.500. The molecule has 1 heterocycles. The topological polar surface area (TPSA) is 46.1 Å². The van der Waals surface area contributed by atoms with E-state index in [4.69, 9.17) is 0 Å². The van der Waals surface area contributed by atoms with Gasteiger partial charge < -0.3 is 25.3 Å². The normalized spacial score (nSPS) is 17.4. The minimum atomic E-state index is 0.599. The van der Waals surface area contributed by atoms with Crippen molar-refractivity contribution < 1.29 is 0 Å². The van der Waals surface area contributed by atoms with Gasteiger partial charge in [0.1, 0.15) is 0 Å². The van der Waals surface area contributed by atoms with Gasteiger partial charge in [-0.3, -0.25) is 4.99 Å². The number of guanidine groups is 1. The molecule has 0 spiro atoms. The third-order valence-corrected chi connectivity index (χ3v) is 5.43. The summed E-state index contributed by atoms with van der Waals surface area (Å²) >= 11 is 0. The first-order chi connectivity index (χ1) is 13.5. The Morgan fingerprint density at radius 3 is 2.61 bits per heavy atom. The largest absolute Gasteiger partial charge is 0.370 e. The van der Waals surface area contributed by atoms with Crippen LogP contribution in [0.3, 0.4) is 0 Å². The summed E-state index contributed by atoms with van der Waals surface area (Å²) in [6.45, 7) is 16.3. The monoisotopic (exact) mass is 388 g/mol. The van der Waals surface area contributed by atoms with Crippen LogP contribution in [0.25, 0.3) is 0 Å². The van der Waals surface area contributed by atoms with Crippen molar-refractivity contribution in [1.29, 1.82) is 0 Å². The number of aryl methyl sites for hydroxylation is 1. The molecule has 6 heteroatoms. The molecule has 0 bridgehead atoms. The van der Waals surface area contributed by atoms with Crippen LogP contribution in [0.5, 0.6) is 0 Å². The average Bonchev–Trinajstić information content (AvgIpc) is 2.69. The molecule has 1 aliphatic heterocycles. The van der Waals surface area contributed by atoms with Crippen LogP contribution in [0.4, 0.5) is 5.69 Å². The summed E-state index contributed by atoms with van der Waals surface area (Å²) in [5.74, 6) is 1.49. The molecule has 2 rings (SSSR count). The van der Waals surface area contributed by atoms with E-state index in [1.807, 2.05) is 7.05 Å². The standard InChI is InChI=1S/C22H40N6/c1-6-28(21-9-7-8-19(2)16-21)11-10-24-22(23-4)25-17-20(3)18-27-14-12-26(5)13-15-27/h7-9,16,20H,6,10-15,17-18H2,1-5H3,(H2,23,24,25). The molecule has 1 aliphatic rings. The molecule has 1 fully saturated rings. The van der Waals surface area contributed by atoms with E-state index in [0.29, 0.717) is 5.92 Å². The van der Waals surface area contributed by atoms with Crippen LogP contribution in [-0.2, 0) is 0 Å². The molecule has 28 heavy (non-hydrogen) atoms. The molecular weight excluding hydrogens is 348 g/mol. The number of benzene rings is 1. The summed E-state index contributed by atoms with van der Waals surface area (Å²) in [6.07, 6.45) is 0. The number of hydrogen-bond acceptors (Lipinski definition) is 4. The van der Waals surface area contributed by atoms with Crippen molar-refractivity contribution >= 4 is 11.6 Å². The smallest absolute Gasteiger partial charge is 0.191 e. The molecule has 1 unspecified atom stereocenters. The zero-order valence-electron chi connectivity index (χ0n) is 18.5. The van der Waals surface area contributed by atoms with Gasteiger partial charge in [0.25, 0.3) is 0 Å². The van der Waals surface area contributed by atoms with Crippen LogP contribution in [0.2, 0.25) is 0 Å². The number of piperazine rings is 1. The average molecular weight is 389 g/mol. The second-order valence-corrected chi connectivity index (χ2v) is 8.01. The van der Waals surface area contributed by atoms with Crippen LogP contribution in [0.15, 0.2) is 29.3 Å². The maximum Gasteiger partial charge on any atom is 0.191 e. The maximum atomic E-state index is 4.38. The van der Waals surface area contributed by atoms with Crippen molar-refractivity contribution in [3.63, 3.8) is 0 Å². The number of hydrogen-bond donors (Lipinski definition) is 2. The highest BCUT2D eigenvalue weighted by Crippen LogP contribution is 2.14. The van der Waals surface area contributed by atoms with Crippen LogP contribution < -0.4 is 15.5 Å². The van der Waals surface area contributed by atoms with E-state index in [1.165, 1.54) is 37.4 Å². The zero-order chi connectivity index (χ0) is 20.4. The fourth-order valence-corrected chi connectivity index (χ4v) is 3.63. The van der Waals surface area contributed by atoms with E-state index in [2.05, 4.69) is 82.4 Å². The number of anilines is 1. The van der Waals surface area contributed by atoms with E-state index >= 15 is 0 Å². The van der Waals surface area contributed by atoms with Gasteiger partial charge in [-0.25, -0.2) is 0 Å². The maximum absolute atomic E-state index is 4.38. The van der Waals surface area contributed by atoms with Crippen LogP contribution in [-0.4, -0.2) is 88.8 Å². The Kier molecular flexibility index (Phi) is 9.58. The van der Waals surface area contributed by atoms with Gasteiger partial charge in [0.05, 0.1) is 0 Å². The lowest BCUT2D eigenvalue weighted by Crippen LogP contribution is -2.48. The highest BCUT2D eigenvalue weighted by atomic mass is 15.2. The summed E-state index contributed by atoms with van der Waals surface area (Å²) in [5.41, 5.74) is 2.59. The Labute approximate surface area is 172 Å². The predicted octanol–water partition coefficient (Wildman–Crippen LogP) is 1.87. The molecule has 1 saturated heterocycles. The summed E-state index contributed by atoms with van der Waals surface area (Å²) in [4.78, 5) is 11.8. The molecule has 1 aromatic rings. The molecule has 0 saturated carbocycles. The lowest BCUT2D eigenvalue weighted by atomic mass is 10.1. The molecule has 0 aliphatic carbocycles. The second kappa shape index (κ2) is 11.9. The minimum Gasteiger partial charge on any atom is -0.370 e. The van der Waals surface area contributed by atoms with Crippen molar-refractivity contribution in [3.05, 3.63) is 29.8 Å².